The lowest BCUT2D eigenvalue weighted by Gasteiger charge is -2.36. The van der Waals surface area contributed by atoms with Gasteiger partial charge in [-0.2, -0.15) is 0 Å². The Morgan fingerprint density at radius 1 is 1.25 bits per heavy atom. The number of rotatable bonds is 2. The number of amides is 2. The van der Waals surface area contributed by atoms with Crippen LogP contribution >= 0.6 is 12.4 Å². The molecule has 0 aromatic heterocycles. The molecule has 110 valence electrons. The average molecular weight is 296 g/mol. The van der Waals surface area contributed by atoms with Crippen LogP contribution < -0.4 is 10.2 Å². The Morgan fingerprint density at radius 2 is 1.90 bits per heavy atom. The summed E-state index contributed by atoms with van der Waals surface area (Å²) in [6.07, 6.45) is 1.43. The van der Waals surface area contributed by atoms with Crippen molar-refractivity contribution in [2.24, 2.45) is 0 Å². The van der Waals surface area contributed by atoms with Crippen LogP contribution in [0.4, 0.5) is 10.5 Å². The van der Waals surface area contributed by atoms with Gasteiger partial charge in [0.15, 0.2) is 0 Å². The number of carbonyl (C=O) groups is 1. The van der Waals surface area contributed by atoms with Crippen molar-refractivity contribution in [1.82, 2.24) is 10.2 Å². The fourth-order valence-corrected chi connectivity index (χ4v) is 2.41. The maximum absolute atomic E-state index is 11.7. The van der Waals surface area contributed by atoms with E-state index in [2.05, 4.69) is 48.8 Å². The number of carbonyl (C=O) groups excluding carboxylic acids is 1. The summed E-state index contributed by atoms with van der Waals surface area (Å²) in [4.78, 5) is 15.9. The Balaban J connectivity index is 0.00000200. The maximum atomic E-state index is 11.7. The summed E-state index contributed by atoms with van der Waals surface area (Å²) < 4.78 is 0. The molecule has 1 saturated heterocycles. The molecule has 0 spiro atoms. The Kier molecular flexibility index (Phi) is 5.89. The highest BCUT2D eigenvalue weighted by molar-refractivity contribution is 5.85. The van der Waals surface area contributed by atoms with Crippen molar-refractivity contribution in [3.8, 4) is 0 Å². The van der Waals surface area contributed by atoms with E-state index in [1.165, 1.54) is 23.0 Å². The molecule has 1 aliphatic heterocycles. The van der Waals surface area contributed by atoms with Gasteiger partial charge in [0.2, 0.25) is 0 Å². The molecule has 1 fully saturated rings. The van der Waals surface area contributed by atoms with Crippen LogP contribution in [0.25, 0.3) is 0 Å². The summed E-state index contributed by atoms with van der Waals surface area (Å²) in [5.41, 5.74) is 3.92. The number of urea groups is 1. The fourth-order valence-electron chi connectivity index (χ4n) is 2.41. The predicted octanol–water partition coefficient (Wildman–Crippen LogP) is 2.70. The second-order valence-corrected chi connectivity index (χ2v) is 4.85. The zero-order chi connectivity index (χ0) is 13.8. The van der Waals surface area contributed by atoms with Gasteiger partial charge in [0.05, 0.1) is 0 Å². The van der Waals surface area contributed by atoms with Gasteiger partial charge in [-0.15, -0.1) is 12.4 Å². The normalized spacial score (nSPS) is 14.5. The van der Waals surface area contributed by atoms with Crippen LogP contribution in [0.3, 0.4) is 0 Å². The second kappa shape index (κ2) is 7.20. The van der Waals surface area contributed by atoms with E-state index in [1.54, 1.807) is 0 Å². The van der Waals surface area contributed by atoms with Gasteiger partial charge in [0.25, 0.3) is 0 Å². The van der Waals surface area contributed by atoms with Crippen LogP contribution in [0.5, 0.6) is 0 Å². The Labute approximate surface area is 126 Å². The van der Waals surface area contributed by atoms with Crippen molar-refractivity contribution in [2.75, 3.05) is 31.1 Å². The first kappa shape index (κ1) is 16.4. The van der Waals surface area contributed by atoms with Gasteiger partial charge in [0.1, 0.15) is 0 Å². The van der Waals surface area contributed by atoms with Crippen molar-refractivity contribution in [3.05, 3.63) is 42.1 Å². The van der Waals surface area contributed by atoms with Crippen LogP contribution in [0.15, 0.2) is 31.0 Å². The molecule has 0 saturated carbocycles. The third-order valence-electron chi connectivity index (χ3n) is 3.71. The number of benzene rings is 1. The molecule has 0 bridgehead atoms. The number of anilines is 1. The summed E-state index contributed by atoms with van der Waals surface area (Å²) in [7, 11) is 0. The van der Waals surface area contributed by atoms with Crippen LogP contribution in [-0.2, 0) is 0 Å². The summed E-state index contributed by atoms with van der Waals surface area (Å²) in [5.74, 6) is 0. The topological polar surface area (TPSA) is 35.6 Å². The van der Waals surface area contributed by atoms with E-state index >= 15 is 0 Å². The van der Waals surface area contributed by atoms with E-state index in [9.17, 15) is 4.79 Å². The molecule has 4 nitrogen and oxygen atoms in total. The van der Waals surface area contributed by atoms with Crippen molar-refractivity contribution in [1.29, 1.82) is 0 Å². The van der Waals surface area contributed by atoms with E-state index in [4.69, 9.17) is 0 Å². The highest BCUT2D eigenvalue weighted by Crippen LogP contribution is 2.23. The van der Waals surface area contributed by atoms with Gasteiger partial charge >= 0.3 is 6.03 Å². The average Bonchev–Trinajstić information content (AvgIpc) is 2.42. The Hall–Kier alpha value is -1.68. The molecular formula is C15H22ClN3O. The highest BCUT2D eigenvalue weighted by Gasteiger charge is 2.21. The number of hydrogen-bond donors (Lipinski definition) is 1. The minimum Gasteiger partial charge on any atom is -0.368 e. The lowest BCUT2D eigenvalue weighted by molar-refractivity contribution is 0.198. The van der Waals surface area contributed by atoms with E-state index in [-0.39, 0.29) is 18.4 Å². The van der Waals surface area contributed by atoms with Gasteiger partial charge in [-0.1, -0.05) is 18.7 Å². The van der Waals surface area contributed by atoms with Crippen molar-refractivity contribution in [3.63, 3.8) is 0 Å². The zero-order valence-corrected chi connectivity index (χ0v) is 12.9. The molecule has 20 heavy (non-hydrogen) atoms. The van der Waals surface area contributed by atoms with Crippen LogP contribution in [0.1, 0.15) is 11.1 Å². The van der Waals surface area contributed by atoms with Gasteiger partial charge in [-0.05, 0) is 37.2 Å². The lowest BCUT2D eigenvalue weighted by Crippen LogP contribution is -2.51. The summed E-state index contributed by atoms with van der Waals surface area (Å²) >= 11 is 0. The minimum atomic E-state index is -0.0596. The SMILES string of the molecule is C=CNC(=O)N1CCN(c2cccc(C)c2C)CC1.Cl. The zero-order valence-electron chi connectivity index (χ0n) is 12.1. The Morgan fingerprint density at radius 3 is 2.50 bits per heavy atom. The van der Waals surface area contributed by atoms with Crippen molar-refractivity contribution in [2.45, 2.75) is 13.8 Å². The number of piperazine rings is 1. The third kappa shape index (κ3) is 3.45. The lowest BCUT2D eigenvalue weighted by atomic mass is 10.1. The van der Waals surface area contributed by atoms with Gasteiger partial charge in [0, 0.05) is 31.9 Å². The molecular weight excluding hydrogens is 274 g/mol. The van der Waals surface area contributed by atoms with Crippen molar-refractivity contribution >= 4 is 24.1 Å². The van der Waals surface area contributed by atoms with Gasteiger partial charge in [-0.25, -0.2) is 4.79 Å². The van der Waals surface area contributed by atoms with E-state index in [0.29, 0.717) is 0 Å². The number of hydrogen-bond acceptors (Lipinski definition) is 2. The molecule has 1 aromatic carbocycles. The van der Waals surface area contributed by atoms with Crippen LogP contribution in [-0.4, -0.2) is 37.1 Å². The minimum absolute atomic E-state index is 0. The molecule has 5 heteroatoms. The molecule has 0 radical (unpaired) electrons. The maximum Gasteiger partial charge on any atom is 0.321 e. The molecule has 2 rings (SSSR count). The first-order valence-electron chi connectivity index (χ1n) is 6.61. The van der Waals surface area contributed by atoms with E-state index < -0.39 is 0 Å². The largest absolute Gasteiger partial charge is 0.368 e. The van der Waals surface area contributed by atoms with Crippen molar-refractivity contribution < 1.29 is 4.79 Å². The number of halogens is 1. The molecule has 1 aliphatic rings. The molecule has 2 amide bonds. The molecule has 1 heterocycles. The smallest absolute Gasteiger partial charge is 0.321 e. The molecule has 0 unspecified atom stereocenters. The second-order valence-electron chi connectivity index (χ2n) is 4.85. The Bertz CT molecular complexity index is 482. The van der Waals surface area contributed by atoms with Crippen LogP contribution in [0.2, 0.25) is 0 Å². The molecule has 0 atom stereocenters. The summed E-state index contributed by atoms with van der Waals surface area (Å²) in [6, 6.07) is 6.32. The number of nitrogens with one attached hydrogen (secondary N) is 1. The molecule has 1 aromatic rings. The number of aryl methyl sites for hydroxylation is 1. The molecule has 1 N–H and O–H groups in total. The first-order chi connectivity index (χ1) is 9.13. The van der Waals surface area contributed by atoms with Crippen LogP contribution in [0, 0.1) is 13.8 Å². The molecule has 0 aliphatic carbocycles. The summed E-state index contributed by atoms with van der Waals surface area (Å²) in [5, 5.41) is 2.62. The summed E-state index contributed by atoms with van der Waals surface area (Å²) in [6.45, 7) is 11.0. The third-order valence-corrected chi connectivity index (χ3v) is 3.71. The predicted molar refractivity (Wildman–Crippen MR) is 85.7 cm³/mol. The van der Waals surface area contributed by atoms with Gasteiger partial charge in [-0.3, -0.25) is 0 Å². The fraction of sp³-hybridized carbons (Fsp3) is 0.400. The van der Waals surface area contributed by atoms with E-state index in [0.717, 1.165) is 26.2 Å². The first-order valence-corrected chi connectivity index (χ1v) is 6.61. The number of nitrogens with zero attached hydrogens (tertiary/aromatic N) is 2. The quantitative estimate of drug-likeness (QED) is 0.910. The van der Waals surface area contributed by atoms with Gasteiger partial charge < -0.3 is 15.1 Å². The van der Waals surface area contributed by atoms with E-state index in [1.807, 2.05) is 4.90 Å². The monoisotopic (exact) mass is 295 g/mol. The standard InChI is InChI=1S/C15H21N3O.ClH/c1-4-16-15(19)18-10-8-17(9-11-18)14-7-5-6-12(2)13(14)3;/h4-7H,1,8-11H2,2-3H3,(H,16,19);1H. The highest BCUT2D eigenvalue weighted by atomic mass is 35.5.